The lowest BCUT2D eigenvalue weighted by atomic mass is 10.2. The summed E-state index contributed by atoms with van der Waals surface area (Å²) < 4.78 is 13.1. The molecule has 110 valence electrons. The number of para-hydroxylation sites is 2. The van der Waals surface area contributed by atoms with E-state index in [4.69, 9.17) is 5.73 Å². The molecular weight excluding hydrogens is 279 g/mol. The van der Waals surface area contributed by atoms with Gasteiger partial charge in [0.15, 0.2) is 0 Å². The van der Waals surface area contributed by atoms with Crippen molar-refractivity contribution in [2.75, 3.05) is 11.4 Å². The molecule has 3 N–H and O–H groups in total. The van der Waals surface area contributed by atoms with Crippen LogP contribution in [0.2, 0.25) is 0 Å². The van der Waals surface area contributed by atoms with E-state index < -0.39 is 0 Å². The van der Waals surface area contributed by atoms with Crippen LogP contribution in [-0.4, -0.2) is 22.7 Å². The first kappa shape index (κ1) is 13.0. The third-order valence-electron chi connectivity index (χ3n) is 3.98. The molecule has 0 radical (unpaired) electrons. The Kier molecular flexibility index (Phi) is 2.94. The molecule has 4 rings (SSSR count). The van der Waals surface area contributed by atoms with Gasteiger partial charge in [0.2, 0.25) is 0 Å². The van der Waals surface area contributed by atoms with E-state index in [0.29, 0.717) is 6.54 Å². The molecule has 0 bridgehead atoms. The molecule has 3 aromatic rings. The molecule has 0 aliphatic carbocycles. The average molecular weight is 294 g/mol. The highest BCUT2D eigenvalue weighted by atomic mass is 19.1. The molecule has 1 atom stereocenters. The van der Waals surface area contributed by atoms with E-state index >= 15 is 0 Å². The zero-order valence-corrected chi connectivity index (χ0v) is 11.8. The lowest BCUT2D eigenvalue weighted by molar-refractivity contribution is 0.627. The summed E-state index contributed by atoms with van der Waals surface area (Å²) in [7, 11) is 0. The molecule has 2 heterocycles. The highest BCUT2D eigenvalue weighted by molar-refractivity contribution is 5.81. The van der Waals surface area contributed by atoms with Crippen LogP contribution in [0.25, 0.3) is 16.6 Å². The monoisotopic (exact) mass is 294 g/mol. The molecule has 0 saturated heterocycles. The van der Waals surface area contributed by atoms with Crippen LogP contribution in [0.4, 0.5) is 10.1 Å². The molecule has 0 spiro atoms. The Balaban J connectivity index is 1.65. The van der Waals surface area contributed by atoms with E-state index in [0.717, 1.165) is 28.1 Å². The standard InChI is InChI=1S/C17H15FN4/c18-11-5-7-12(8-6-11)22-10-9-13(16(22)19)17-20-14-3-1-2-4-15(14)21-17/h1-9,16H,10,19H2,(H,20,21). The third kappa shape index (κ3) is 2.07. The maximum atomic E-state index is 13.1. The highest BCUT2D eigenvalue weighted by Crippen LogP contribution is 2.29. The van der Waals surface area contributed by atoms with Gasteiger partial charge in [0.05, 0.1) is 11.0 Å². The normalized spacial score (nSPS) is 18.0. The van der Waals surface area contributed by atoms with E-state index in [9.17, 15) is 4.39 Å². The second kappa shape index (κ2) is 4.96. The summed E-state index contributed by atoms with van der Waals surface area (Å²) in [6, 6.07) is 14.3. The van der Waals surface area contributed by atoms with E-state index in [1.165, 1.54) is 12.1 Å². The first-order valence-electron chi connectivity index (χ1n) is 7.15. The maximum absolute atomic E-state index is 13.1. The molecule has 4 nitrogen and oxygen atoms in total. The minimum atomic E-state index is -0.300. The van der Waals surface area contributed by atoms with Gasteiger partial charge in [-0.25, -0.2) is 9.37 Å². The van der Waals surface area contributed by atoms with E-state index in [-0.39, 0.29) is 12.0 Å². The molecule has 5 heteroatoms. The number of aromatic amines is 1. The number of fused-ring (bicyclic) bond motifs is 1. The molecule has 1 aromatic heterocycles. The van der Waals surface area contributed by atoms with Gasteiger partial charge in [-0.05, 0) is 36.4 Å². The van der Waals surface area contributed by atoms with Gasteiger partial charge >= 0.3 is 0 Å². The lowest BCUT2D eigenvalue weighted by Gasteiger charge is -2.25. The largest absolute Gasteiger partial charge is 0.348 e. The molecule has 22 heavy (non-hydrogen) atoms. The maximum Gasteiger partial charge on any atom is 0.137 e. The number of imidazole rings is 1. The number of anilines is 1. The molecule has 2 aromatic carbocycles. The number of rotatable bonds is 2. The van der Waals surface area contributed by atoms with Gasteiger partial charge in [0.25, 0.3) is 0 Å². The number of nitrogens with two attached hydrogens (primary N) is 1. The zero-order valence-electron chi connectivity index (χ0n) is 11.8. The molecule has 1 unspecified atom stereocenters. The minimum Gasteiger partial charge on any atom is -0.348 e. The van der Waals surface area contributed by atoms with Crippen LogP contribution in [0.1, 0.15) is 5.82 Å². The number of hydrogen-bond donors (Lipinski definition) is 2. The fourth-order valence-corrected chi connectivity index (χ4v) is 2.82. The Labute approximate surface area is 127 Å². The summed E-state index contributed by atoms with van der Waals surface area (Å²) in [6.45, 7) is 0.680. The number of hydrogen-bond acceptors (Lipinski definition) is 3. The Hall–Kier alpha value is -2.66. The highest BCUT2D eigenvalue weighted by Gasteiger charge is 2.27. The van der Waals surface area contributed by atoms with Gasteiger partial charge in [-0.3, -0.25) is 0 Å². The van der Waals surface area contributed by atoms with Gasteiger partial charge in [0.1, 0.15) is 17.8 Å². The van der Waals surface area contributed by atoms with Crippen molar-refractivity contribution in [1.29, 1.82) is 0 Å². The Bertz CT molecular complexity index is 817. The summed E-state index contributed by atoms with van der Waals surface area (Å²) in [5.74, 6) is 0.542. The smallest absolute Gasteiger partial charge is 0.137 e. The predicted molar refractivity (Wildman–Crippen MR) is 85.8 cm³/mol. The summed E-state index contributed by atoms with van der Waals surface area (Å²) in [6.07, 6.45) is 1.76. The topological polar surface area (TPSA) is 57.9 Å². The van der Waals surface area contributed by atoms with Crippen molar-refractivity contribution in [2.45, 2.75) is 6.17 Å². The third-order valence-corrected chi connectivity index (χ3v) is 3.98. The van der Waals surface area contributed by atoms with E-state index in [2.05, 4.69) is 16.0 Å². The van der Waals surface area contributed by atoms with Crippen molar-refractivity contribution in [3.8, 4) is 0 Å². The number of aromatic nitrogens is 2. The Morgan fingerprint density at radius 2 is 1.91 bits per heavy atom. The van der Waals surface area contributed by atoms with Crippen molar-refractivity contribution < 1.29 is 4.39 Å². The van der Waals surface area contributed by atoms with Crippen LogP contribution in [0.3, 0.4) is 0 Å². The summed E-state index contributed by atoms with van der Waals surface area (Å²) in [5, 5.41) is 0. The van der Waals surface area contributed by atoms with Crippen molar-refractivity contribution in [3.05, 3.63) is 66.2 Å². The second-order valence-electron chi connectivity index (χ2n) is 5.34. The number of H-pyrrole nitrogens is 1. The number of benzene rings is 2. The first-order valence-corrected chi connectivity index (χ1v) is 7.15. The first-order chi connectivity index (χ1) is 10.7. The van der Waals surface area contributed by atoms with Crippen LogP contribution in [0.5, 0.6) is 0 Å². The minimum absolute atomic E-state index is 0.248. The fourth-order valence-electron chi connectivity index (χ4n) is 2.82. The lowest BCUT2D eigenvalue weighted by Crippen LogP contribution is -2.38. The van der Waals surface area contributed by atoms with Crippen LogP contribution < -0.4 is 10.6 Å². The Morgan fingerprint density at radius 1 is 1.14 bits per heavy atom. The number of halogens is 1. The van der Waals surface area contributed by atoms with Gasteiger partial charge in [-0.2, -0.15) is 0 Å². The molecular formula is C17H15FN4. The number of nitrogens with one attached hydrogen (secondary N) is 1. The van der Waals surface area contributed by atoms with Gasteiger partial charge in [-0.15, -0.1) is 0 Å². The Morgan fingerprint density at radius 3 is 2.68 bits per heavy atom. The van der Waals surface area contributed by atoms with E-state index in [1.807, 2.05) is 29.2 Å². The van der Waals surface area contributed by atoms with E-state index in [1.54, 1.807) is 12.1 Å². The summed E-state index contributed by atoms with van der Waals surface area (Å²) >= 11 is 0. The van der Waals surface area contributed by atoms with Gasteiger partial charge in [-0.1, -0.05) is 18.2 Å². The fraction of sp³-hybridized carbons (Fsp3) is 0.118. The molecule has 1 aliphatic rings. The quantitative estimate of drug-likeness (QED) is 0.764. The van der Waals surface area contributed by atoms with Crippen LogP contribution in [-0.2, 0) is 0 Å². The van der Waals surface area contributed by atoms with Gasteiger partial charge in [0, 0.05) is 17.8 Å². The average Bonchev–Trinajstić information content (AvgIpc) is 3.11. The molecule has 1 aliphatic heterocycles. The zero-order chi connectivity index (χ0) is 15.1. The molecule has 0 saturated carbocycles. The van der Waals surface area contributed by atoms with Crippen LogP contribution >= 0.6 is 0 Å². The van der Waals surface area contributed by atoms with Crippen LogP contribution in [0, 0.1) is 5.82 Å². The van der Waals surface area contributed by atoms with Crippen molar-refractivity contribution in [3.63, 3.8) is 0 Å². The van der Waals surface area contributed by atoms with Gasteiger partial charge < -0.3 is 15.6 Å². The number of nitrogens with zero attached hydrogens (tertiary/aromatic N) is 2. The van der Waals surface area contributed by atoms with Crippen molar-refractivity contribution in [2.24, 2.45) is 5.73 Å². The second-order valence-corrected chi connectivity index (χ2v) is 5.34. The van der Waals surface area contributed by atoms with Crippen molar-refractivity contribution in [1.82, 2.24) is 9.97 Å². The summed E-state index contributed by atoms with van der Waals surface area (Å²) in [4.78, 5) is 9.92. The molecule has 0 fully saturated rings. The predicted octanol–water partition coefficient (Wildman–Crippen LogP) is 2.89. The molecule has 0 amide bonds. The summed E-state index contributed by atoms with van der Waals surface area (Å²) in [5.41, 5.74) is 10.1. The van der Waals surface area contributed by atoms with Crippen LogP contribution in [0.15, 0.2) is 54.6 Å². The van der Waals surface area contributed by atoms with Crippen molar-refractivity contribution >= 4 is 22.3 Å². The SMILES string of the molecule is NC1C(c2nc3ccccc3[nH]2)=CCN1c1ccc(F)cc1.